The molecule has 172 valence electrons. The number of sulfonamides is 1. The third-order valence-electron chi connectivity index (χ3n) is 5.47. The number of nitrogens with zero attached hydrogens (tertiary/aromatic N) is 1. The summed E-state index contributed by atoms with van der Waals surface area (Å²) in [6, 6.07) is 16.8. The normalized spacial score (nSPS) is 13.8. The van der Waals surface area contributed by atoms with Gasteiger partial charge in [-0.2, -0.15) is 0 Å². The SMILES string of the molecule is O=C(NCc1ccc(C(=O)N2CCCC2)cc1)c1cccc(S(=O)(=O)NCc2cccs2)c1. The first-order chi connectivity index (χ1) is 15.9. The van der Waals surface area contributed by atoms with Crippen LogP contribution < -0.4 is 10.0 Å². The molecule has 9 heteroatoms. The van der Waals surface area contributed by atoms with E-state index < -0.39 is 10.0 Å². The average molecular weight is 484 g/mol. The first-order valence-electron chi connectivity index (χ1n) is 10.7. The molecule has 2 heterocycles. The van der Waals surface area contributed by atoms with Crippen molar-refractivity contribution in [2.75, 3.05) is 13.1 Å². The van der Waals surface area contributed by atoms with Crippen molar-refractivity contribution in [2.45, 2.75) is 30.8 Å². The van der Waals surface area contributed by atoms with E-state index in [1.165, 1.54) is 23.5 Å². The molecule has 1 fully saturated rings. The fraction of sp³-hybridized carbons (Fsp3) is 0.250. The largest absolute Gasteiger partial charge is 0.348 e. The van der Waals surface area contributed by atoms with Crippen LogP contribution in [0.4, 0.5) is 0 Å². The lowest BCUT2D eigenvalue weighted by Gasteiger charge is -2.15. The smallest absolute Gasteiger partial charge is 0.253 e. The Labute approximate surface area is 197 Å². The number of thiophene rings is 1. The van der Waals surface area contributed by atoms with E-state index >= 15 is 0 Å². The molecule has 33 heavy (non-hydrogen) atoms. The Morgan fingerprint density at radius 2 is 1.67 bits per heavy atom. The molecule has 1 aromatic heterocycles. The van der Waals surface area contributed by atoms with Crippen LogP contribution in [0.3, 0.4) is 0 Å². The third kappa shape index (κ3) is 5.87. The molecule has 0 radical (unpaired) electrons. The molecule has 0 bridgehead atoms. The van der Waals surface area contributed by atoms with Gasteiger partial charge in [0.05, 0.1) is 4.90 Å². The molecular formula is C24H25N3O4S2. The summed E-state index contributed by atoms with van der Waals surface area (Å²) in [7, 11) is -3.74. The van der Waals surface area contributed by atoms with E-state index in [1.54, 1.807) is 24.3 Å². The number of likely N-dealkylation sites (tertiary alicyclic amines) is 1. The molecule has 0 unspecified atom stereocenters. The number of carbonyl (C=O) groups excluding carboxylic acids is 2. The van der Waals surface area contributed by atoms with Gasteiger partial charge in [-0.05, 0) is 60.2 Å². The number of nitrogens with one attached hydrogen (secondary N) is 2. The summed E-state index contributed by atoms with van der Waals surface area (Å²) in [5.41, 5.74) is 1.75. The summed E-state index contributed by atoms with van der Waals surface area (Å²) in [6.45, 7) is 2.07. The van der Waals surface area contributed by atoms with E-state index in [0.717, 1.165) is 36.4 Å². The van der Waals surface area contributed by atoms with Crippen LogP contribution in [0, 0.1) is 0 Å². The number of benzene rings is 2. The number of amides is 2. The molecule has 1 aliphatic heterocycles. The highest BCUT2D eigenvalue weighted by Crippen LogP contribution is 2.16. The summed E-state index contributed by atoms with van der Waals surface area (Å²) >= 11 is 1.47. The molecule has 2 amide bonds. The van der Waals surface area contributed by atoms with Gasteiger partial charge < -0.3 is 10.2 Å². The van der Waals surface area contributed by atoms with Gasteiger partial charge in [-0.3, -0.25) is 9.59 Å². The van der Waals surface area contributed by atoms with Crippen molar-refractivity contribution in [3.05, 3.63) is 87.6 Å². The quantitative estimate of drug-likeness (QED) is 0.513. The summed E-state index contributed by atoms with van der Waals surface area (Å²) < 4.78 is 27.7. The predicted octanol–water partition coefficient (Wildman–Crippen LogP) is 3.39. The van der Waals surface area contributed by atoms with Gasteiger partial charge in [0.25, 0.3) is 11.8 Å². The monoisotopic (exact) mass is 483 g/mol. The number of carbonyl (C=O) groups is 2. The van der Waals surface area contributed by atoms with Gasteiger partial charge in [0.15, 0.2) is 0 Å². The minimum absolute atomic E-state index is 0.0359. The van der Waals surface area contributed by atoms with Gasteiger partial charge in [-0.1, -0.05) is 24.3 Å². The zero-order chi connectivity index (χ0) is 23.3. The van der Waals surface area contributed by atoms with Crippen molar-refractivity contribution in [1.29, 1.82) is 0 Å². The molecule has 2 N–H and O–H groups in total. The average Bonchev–Trinajstić information content (AvgIpc) is 3.56. The molecule has 0 aliphatic carbocycles. The highest BCUT2D eigenvalue weighted by molar-refractivity contribution is 7.89. The second-order valence-electron chi connectivity index (χ2n) is 7.81. The van der Waals surface area contributed by atoms with Crippen LogP contribution >= 0.6 is 11.3 Å². The van der Waals surface area contributed by atoms with Gasteiger partial charge in [0, 0.05) is 42.2 Å². The minimum atomic E-state index is -3.74. The lowest BCUT2D eigenvalue weighted by Crippen LogP contribution is -2.27. The molecule has 0 saturated carbocycles. The first kappa shape index (κ1) is 23.2. The summed E-state index contributed by atoms with van der Waals surface area (Å²) in [6.07, 6.45) is 2.09. The van der Waals surface area contributed by atoms with Crippen molar-refractivity contribution < 1.29 is 18.0 Å². The maximum atomic E-state index is 12.6. The standard InChI is InChI=1S/C24H25N3O4S2/c28-23(25-16-18-8-10-19(11-9-18)24(29)27-12-1-2-13-27)20-5-3-7-22(15-20)33(30,31)26-17-21-6-4-14-32-21/h3-11,14-15,26H,1-2,12-13,16-17H2,(H,25,28). The number of hydrogen-bond acceptors (Lipinski definition) is 5. The molecule has 1 aliphatic rings. The molecule has 2 aromatic carbocycles. The third-order valence-corrected chi connectivity index (χ3v) is 7.75. The predicted molar refractivity (Wildman–Crippen MR) is 128 cm³/mol. The van der Waals surface area contributed by atoms with E-state index in [2.05, 4.69) is 10.0 Å². The van der Waals surface area contributed by atoms with Gasteiger partial charge in [0.2, 0.25) is 10.0 Å². The molecule has 0 spiro atoms. The van der Waals surface area contributed by atoms with Crippen molar-refractivity contribution in [3.8, 4) is 0 Å². The Morgan fingerprint density at radius 3 is 2.36 bits per heavy atom. The van der Waals surface area contributed by atoms with Crippen LogP contribution in [-0.4, -0.2) is 38.2 Å². The topological polar surface area (TPSA) is 95.6 Å². The summed E-state index contributed by atoms with van der Waals surface area (Å²) in [5.74, 6) is -0.337. The van der Waals surface area contributed by atoms with E-state index in [1.807, 2.05) is 34.5 Å². The Morgan fingerprint density at radius 1 is 0.909 bits per heavy atom. The highest BCUT2D eigenvalue weighted by atomic mass is 32.2. The van der Waals surface area contributed by atoms with Crippen LogP contribution in [0.15, 0.2) is 70.9 Å². The number of hydrogen-bond donors (Lipinski definition) is 2. The second-order valence-corrected chi connectivity index (χ2v) is 10.6. The van der Waals surface area contributed by atoms with Gasteiger partial charge in [-0.25, -0.2) is 13.1 Å². The van der Waals surface area contributed by atoms with Gasteiger partial charge >= 0.3 is 0 Å². The molecule has 1 saturated heterocycles. The molecule has 3 aromatic rings. The first-order valence-corrected chi connectivity index (χ1v) is 13.1. The van der Waals surface area contributed by atoms with Gasteiger partial charge in [0.1, 0.15) is 0 Å². The molecule has 7 nitrogen and oxygen atoms in total. The van der Waals surface area contributed by atoms with Crippen LogP contribution in [0.2, 0.25) is 0 Å². The van der Waals surface area contributed by atoms with Crippen molar-refractivity contribution in [1.82, 2.24) is 14.9 Å². The van der Waals surface area contributed by atoms with E-state index in [-0.39, 0.29) is 35.4 Å². The highest BCUT2D eigenvalue weighted by Gasteiger charge is 2.19. The van der Waals surface area contributed by atoms with Crippen molar-refractivity contribution >= 4 is 33.2 Å². The van der Waals surface area contributed by atoms with Crippen LogP contribution in [0.1, 0.15) is 44.0 Å². The van der Waals surface area contributed by atoms with Crippen LogP contribution in [0.25, 0.3) is 0 Å². The Balaban J connectivity index is 1.35. The minimum Gasteiger partial charge on any atom is -0.348 e. The molecule has 4 rings (SSSR count). The van der Waals surface area contributed by atoms with Crippen LogP contribution in [0.5, 0.6) is 0 Å². The molecular weight excluding hydrogens is 458 g/mol. The zero-order valence-corrected chi connectivity index (χ0v) is 19.6. The lowest BCUT2D eigenvalue weighted by atomic mass is 10.1. The second kappa shape index (κ2) is 10.3. The summed E-state index contributed by atoms with van der Waals surface area (Å²) in [4.78, 5) is 27.8. The summed E-state index contributed by atoms with van der Waals surface area (Å²) in [5, 5.41) is 4.69. The fourth-order valence-electron chi connectivity index (χ4n) is 3.62. The lowest BCUT2D eigenvalue weighted by molar-refractivity contribution is 0.0792. The Kier molecular flexibility index (Phi) is 7.22. The van der Waals surface area contributed by atoms with Crippen molar-refractivity contribution in [3.63, 3.8) is 0 Å². The van der Waals surface area contributed by atoms with E-state index in [9.17, 15) is 18.0 Å². The zero-order valence-electron chi connectivity index (χ0n) is 18.0. The Bertz CT molecular complexity index is 1220. The van der Waals surface area contributed by atoms with Gasteiger partial charge in [-0.15, -0.1) is 11.3 Å². The fourth-order valence-corrected chi connectivity index (χ4v) is 5.41. The van der Waals surface area contributed by atoms with E-state index in [4.69, 9.17) is 0 Å². The maximum absolute atomic E-state index is 12.6. The maximum Gasteiger partial charge on any atom is 0.253 e. The van der Waals surface area contributed by atoms with Crippen LogP contribution in [-0.2, 0) is 23.1 Å². The van der Waals surface area contributed by atoms with E-state index in [0.29, 0.717) is 5.56 Å². The number of rotatable bonds is 8. The molecule has 0 atom stereocenters. The Hall–Kier alpha value is -3.01. The van der Waals surface area contributed by atoms with Crippen molar-refractivity contribution in [2.24, 2.45) is 0 Å².